The van der Waals surface area contributed by atoms with Crippen LogP contribution in [0, 0.1) is 10.5 Å². The molecule has 2 rings (SSSR count). The Bertz CT molecular complexity index is 704. The molecule has 3 N–H and O–H groups in total. The first-order valence-corrected chi connectivity index (χ1v) is 7.58. The highest BCUT2D eigenvalue weighted by Crippen LogP contribution is 2.30. The lowest BCUT2D eigenvalue weighted by atomic mass is 10.1. The number of carbonyl (C=O) groups excluding carboxylic acids is 1. The third-order valence-corrected chi connectivity index (χ3v) is 3.99. The van der Waals surface area contributed by atoms with E-state index in [1.165, 1.54) is 7.11 Å². The summed E-state index contributed by atoms with van der Waals surface area (Å²) in [4.78, 5) is 11.7. The second-order valence-electron chi connectivity index (χ2n) is 4.50. The largest absolute Gasteiger partial charge is 0.465 e. The highest BCUT2D eigenvalue weighted by molar-refractivity contribution is 14.1. The van der Waals surface area contributed by atoms with Gasteiger partial charge in [-0.25, -0.2) is 4.79 Å². The summed E-state index contributed by atoms with van der Waals surface area (Å²) in [5, 5.41) is 3.80. The van der Waals surface area contributed by atoms with Gasteiger partial charge < -0.3 is 15.8 Å². The van der Waals surface area contributed by atoms with Crippen LogP contribution in [-0.2, 0) is 4.74 Å². The predicted octanol–water partition coefficient (Wildman–Crippen LogP) is 4.37. The fraction of sp³-hybridized carbons (Fsp3) is 0.133. The number of methoxy groups -OCH3 is 1. The maximum atomic E-state index is 11.7. The molecule has 4 nitrogen and oxygen atoms in total. The second-order valence-corrected chi connectivity index (χ2v) is 6.15. The molecule has 0 spiro atoms. The van der Waals surface area contributed by atoms with Crippen molar-refractivity contribution >= 4 is 57.2 Å². The standard InChI is InChI=1S/C15H14ClIN2O2/c1-8-5-10(7-11(14(8)18)15(20)21-2)19-13-4-3-9(17)6-12(13)16/h3-7,19H,18H2,1-2H3. The van der Waals surface area contributed by atoms with Gasteiger partial charge in [0.1, 0.15) is 0 Å². The minimum atomic E-state index is -0.465. The first-order chi connectivity index (χ1) is 9.92. The molecule has 21 heavy (non-hydrogen) atoms. The van der Waals surface area contributed by atoms with Gasteiger partial charge in [-0.15, -0.1) is 0 Å². The first-order valence-electron chi connectivity index (χ1n) is 6.13. The first kappa shape index (κ1) is 15.9. The summed E-state index contributed by atoms with van der Waals surface area (Å²) in [5.41, 5.74) is 8.95. The molecule has 0 saturated heterocycles. The number of ether oxygens (including phenoxy) is 1. The molecule has 0 atom stereocenters. The van der Waals surface area contributed by atoms with E-state index in [9.17, 15) is 4.79 Å². The second kappa shape index (κ2) is 6.53. The summed E-state index contributed by atoms with van der Waals surface area (Å²) in [6.07, 6.45) is 0. The van der Waals surface area contributed by atoms with Crippen molar-refractivity contribution in [2.75, 3.05) is 18.2 Å². The lowest BCUT2D eigenvalue weighted by molar-refractivity contribution is 0.0602. The number of hydrogen-bond donors (Lipinski definition) is 2. The highest BCUT2D eigenvalue weighted by Gasteiger charge is 2.14. The minimum Gasteiger partial charge on any atom is -0.465 e. The number of nitrogens with two attached hydrogens (primary N) is 1. The van der Waals surface area contributed by atoms with E-state index in [4.69, 9.17) is 22.1 Å². The molecule has 0 unspecified atom stereocenters. The monoisotopic (exact) mass is 416 g/mol. The average molecular weight is 417 g/mol. The number of esters is 1. The molecule has 6 heteroatoms. The highest BCUT2D eigenvalue weighted by atomic mass is 127. The Kier molecular flexibility index (Phi) is 4.95. The Morgan fingerprint density at radius 2 is 2.05 bits per heavy atom. The minimum absolute atomic E-state index is 0.335. The van der Waals surface area contributed by atoms with Crippen LogP contribution in [0.2, 0.25) is 5.02 Å². The number of hydrogen-bond acceptors (Lipinski definition) is 4. The Hall–Kier alpha value is -1.47. The molecule has 110 valence electrons. The lowest BCUT2D eigenvalue weighted by Crippen LogP contribution is -2.08. The van der Waals surface area contributed by atoms with Gasteiger partial charge in [-0.1, -0.05) is 11.6 Å². The molecule has 0 saturated carbocycles. The summed E-state index contributed by atoms with van der Waals surface area (Å²) >= 11 is 8.39. The number of halogens is 2. The third-order valence-electron chi connectivity index (χ3n) is 3.00. The Morgan fingerprint density at radius 1 is 1.33 bits per heavy atom. The van der Waals surface area contributed by atoms with Gasteiger partial charge in [0.2, 0.25) is 0 Å². The smallest absolute Gasteiger partial charge is 0.340 e. The fourth-order valence-corrected chi connectivity index (χ4v) is 2.80. The van der Waals surface area contributed by atoms with Crippen LogP contribution in [0.1, 0.15) is 15.9 Å². The molecular formula is C15H14ClIN2O2. The van der Waals surface area contributed by atoms with Gasteiger partial charge in [0.05, 0.1) is 23.4 Å². The SMILES string of the molecule is COC(=O)c1cc(Nc2ccc(I)cc2Cl)cc(C)c1N. The lowest BCUT2D eigenvalue weighted by Gasteiger charge is -2.13. The van der Waals surface area contributed by atoms with E-state index < -0.39 is 5.97 Å². The van der Waals surface area contributed by atoms with Crippen molar-refractivity contribution in [1.82, 2.24) is 0 Å². The normalized spacial score (nSPS) is 10.3. The van der Waals surface area contributed by atoms with Crippen molar-refractivity contribution in [3.8, 4) is 0 Å². The van der Waals surface area contributed by atoms with Gasteiger partial charge in [-0.3, -0.25) is 0 Å². The zero-order valence-corrected chi connectivity index (χ0v) is 14.4. The van der Waals surface area contributed by atoms with Crippen LogP contribution in [0.4, 0.5) is 17.1 Å². The topological polar surface area (TPSA) is 64.3 Å². The van der Waals surface area contributed by atoms with Gasteiger partial charge in [-0.2, -0.15) is 0 Å². The summed E-state index contributed by atoms with van der Waals surface area (Å²) in [5.74, 6) is -0.465. The van der Waals surface area contributed by atoms with E-state index in [0.29, 0.717) is 16.3 Å². The van der Waals surface area contributed by atoms with E-state index in [-0.39, 0.29) is 0 Å². The molecule has 0 aliphatic heterocycles. The maximum absolute atomic E-state index is 11.7. The average Bonchev–Trinajstić information content (AvgIpc) is 2.44. The van der Waals surface area contributed by atoms with E-state index in [1.807, 2.05) is 31.2 Å². The van der Waals surface area contributed by atoms with Crippen molar-refractivity contribution in [2.45, 2.75) is 6.92 Å². The van der Waals surface area contributed by atoms with Crippen molar-refractivity contribution in [1.29, 1.82) is 0 Å². The number of nitrogen functional groups attached to an aromatic ring is 1. The zero-order chi connectivity index (χ0) is 15.6. The van der Waals surface area contributed by atoms with Crippen LogP contribution in [0.3, 0.4) is 0 Å². The van der Waals surface area contributed by atoms with Crippen LogP contribution in [0.15, 0.2) is 30.3 Å². The van der Waals surface area contributed by atoms with Crippen LogP contribution < -0.4 is 11.1 Å². The molecule has 0 bridgehead atoms. The predicted molar refractivity (Wildman–Crippen MR) is 94.4 cm³/mol. The quantitative estimate of drug-likeness (QED) is 0.443. The van der Waals surface area contributed by atoms with E-state index in [2.05, 4.69) is 27.9 Å². The molecular weight excluding hydrogens is 403 g/mol. The number of rotatable bonds is 3. The molecule has 0 aromatic heterocycles. The summed E-state index contributed by atoms with van der Waals surface area (Å²) in [6.45, 7) is 1.84. The number of benzene rings is 2. The van der Waals surface area contributed by atoms with E-state index >= 15 is 0 Å². The van der Waals surface area contributed by atoms with E-state index in [1.54, 1.807) is 6.07 Å². The zero-order valence-electron chi connectivity index (χ0n) is 11.5. The number of nitrogens with one attached hydrogen (secondary N) is 1. The Labute approximate surface area is 141 Å². The van der Waals surface area contributed by atoms with Crippen LogP contribution in [-0.4, -0.2) is 13.1 Å². The third kappa shape index (κ3) is 3.59. The van der Waals surface area contributed by atoms with Gasteiger partial charge >= 0.3 is 5.97 Å². The Balaban J connectivity index is 2.40. The van der Waals surface area contributed by atoms with Gasteiger partial charge in [0, 0.05) is 14.9 Å². The summed E-state index contributed by atoms with van der Waals surface area (Å²) < 4.78 is 5.79. The molecule has 0 fully saturated rings. The van der Waals surface area contributed by atoms with Gasteiger partial charge in [-0.05, 0) is 65.4 Å². The van der Waals surface area contributed by atoms with Crippen molar-refractivity contribution in [3.63, 3.8) is 0 Å². The van der Waals surface area contributed by atoms with Crippen LogP contribution in [0.5, 0.6) is 0 Å². The molecule has 2 aromatic carbocycles. The van der Waals surface area contributed by atoms with Crippen LogP contribution >= 0.6 is 34.2 Å². The van der Waals surface area contributed by atoms with Crippen molar-refractivity contribution < 1.29 is 9.53 Å². The van der Waals surface area contributed by atoms with Gasteiger partial charge in [0.15, 0.2) is 0 Å². The number of aryl methyl sites for hydroxylation is 1. The van der Waals surface area contributed by atoms with E-state index in [0.717, 1.165) is 20.5 Å². The van der Waals surface area contributed by atoms with Crippen molar-refractivity contribution in [3.05, 3.63) is 50.1 Å². The summed E-state index contributed by atoms with van der Waals surface area (Å²) in [7, 11) is 1.33. The number of anilines is 3. The molecule has 0 aliphatic rings. The number of carbonyl (C=O) groups is 1. The Morgan fingerprint density at radius 3 is 2.67 bits per heavy atom. The fourth-order valence-electron chi connectivity index (χ4n) is 1.90. The van der Waals surface area contributed by atoms with Gasteiger partial charge in [0.25, 0.3) is 0 Å². The summed E-state index contributed by atoms with van der Waals surface area (Å²) in [6, 6.07) is 9.20. The molecule has 0 radical (unpaired) electrons. The molecule has 2 aromatic rings. The molecule has 0 aliphatic carbocycles. The maximum Gasteiger partial charge on any atom is 0.340 e. The molecule has 0 amide bonds. The molecule has 0 heterocycles. The van der Waals surface area contributed by atoms with Crippen LogP contribution in [0.25, 0.3) is 0 Å². The van der Waals surface area contributed by atoms with Crippen molar-refractivity contribution in [2.24, 2.45) is 0 Å².